The highest BCUT2D eigenvalue weighted by molar-refractivity contribution is 9.10. The van der Waals surface area contributed by atoms with E-state index in [-0.39, 0.29) is 17.8 Å². The minimum absolute atomic E-state index is 0.143. The number of amides is 2. The Bertz CT molecular complexity index is 611. The summed E-state index contributed by atoms with van der Waals surface area (Å²) in [7, 11) is 0. The van der Waals surface area contributed by atoms with Crippen LogP contribution in [0.5, 0.6) is 5.75 Å². The topological polar surface area (TPSA) is 46.6 Å². The van der Waals surface area contributed by atoms with Crippen LogP contribution >= 0.6 is 27.7 Å². The fourth-order valence-electron chi connectivity index (χ4n) is 2.08. The van der Waals surface area contributed by atoms with Crippen molar-refractivity contribution in [3.05, 3.63) is 28.2 Å². The van der Waals surface area contributed by atoms with Crippen molar-refractivity contribution in [1.82, 2.24) is 4.90 Å². The number of ether oxygens (including phenoxy) is 1. The Morgan fingerprint density at radius 2 is 2.24 bits per heavy atom. The lowest BCUT2D eigenvalue weighted by Crippen LogP contribution is -2.31. The number of hydrogen-bond donors (Lipinski definition) is 0. The average Bonchev–Trinajstić information content (AvgIpc) is 2.72. The van der Waals surface area contributed by atoms with Crippen LogP contribution < -0.4 is 4.74 Å². The minimum Gasteiger partial charge on any atom is -0.481 e. The Balaban J connectivity index is 2.19. The van der Waals surface area contributed by atoms with Crippen molar-refractivity contribution in [2.45, 2.75) is 18.6 Å². The number of imide groups is 1. The SMILES string of the molecule is C#CCOc1ccc(Br)cc1C[C@H]1SC(=O)N(CC)C1=O. The molecule has 0 saturated carbocycles. The third-order valence-corrected chi connectivity index (χ3v) is 4.63. The Morgan fingerprint density at radius 3 is 2.86 bits per heavy atom. The van der Waals surface area contributed by atoms with Crippen molar-refractivity contribution in [3.8, 4) is 18.1 Å². The summed E-state index contributed by atoms with van der Waals surface area (Å²) in [5.41, 5.74) is 0.858. The van der Waals surface area contributed by atoms with Gasteiger partial charge in [-0.25, -0.2) is 0 Å². The predicted octanol–water partition coefficient (Wildman–Crippen LogP) is 3.09. The summed E-state index contributed by atoms with van der Waals surface area (Å²) in [6.07, 6.45) is 5.64. The third-order valence-electron chi connectivity index (χ3n) is 3.06. The van der Waals surface area contributed by atoms with Gasteiger partial charge in [-0.15, -0.1) is 6.42 Å². The second-order valence-electron chi connectivity index (χ2n) is 4.40. The highest BCUT2D eigenvalue weighted by Gasteiger charge is 2.38. The van der Waals surface area contributed by atoms with Gasteiger partial charge in [0.15, 0.2) is 0 Å². The summed E-state index contributed by atoms with van der Waals surface area (Å²) in [5, 5.41) is -0.589. The molecule has 0 unspecified atom stereocenters. The molecule has 110 valence electrons. The number of rotatable bonds is 5. The fraction of sp³-hybridized carbons (Fsp3) is 0.333. The van der Waals surface area contributed by atoms with E-state index in [1.807, 2.05) is 12.1 Å². The summed E-state index contributed by atoms with van der Waals surface area (Å²) < 4.78 is 6.38. The highest BCUT2D eigenvalue weighted by Crippen LogP contribution is 2.33. The Kier molecular flexibility index (Phi) is 5.32. The van der Waals surface area contributed by atoms with Crippen LogP contribution in [-0.2, 0) is 11.2 Å². The van der Waals surface area contributed by atoms with Crippen molar-refractivity contribution in [3.63, 3.8) is 0 Å². The normalized spacial score (nSPS) is 18.0. The molecular formula is C15H14BrNO3S. The largest absolute Gasteiger partial charge is 0.481 e. The Labute approximate surface area is 136 Å². The van der Waals surface area contributed by atoms with Gasteiger partial charge in [-0.1, -0.05) is 33.6 Å². The molecule has 2 amide bonds. The molecule has 0 aromatic heterocycles. The third kappa shape index (κ3) is 3.60. The van der Waals surface area contributed by atoms with Crippen molar-refractivity contribution < 1.29 is 14.3 Å². The van der Waals surface area contributed by atoms with Crippen molar-refractivity contribution in [1.29, 1.82) is 0 Å². The molecule has 2 rings (SSSR count). The van der Waals surface area contributed by atoms with Crippen LogP contribution in [0.3, 0.4) is 0 Å². The number of terminal acetylenes is 1. The zero-order valence-electron chi connectivity index (χ0n) is 11.5. The first-order valence-corrected chi connectivity index (χ1v) is 8.10. The number of nitrogens with zero attached hydrogens (tertiary/aromatic N) is 1. The minimum atomic E-state index is -0.403. The molecule has 21 heavy (non-hydrogen) atoms. The summed E-state index contributed by atoms with van der Waals surface area (Å²) in [5.74, 6) is 2.92. The van der Waals surface area contributed by atoms with Gasteiger partial charge < -0.3 is 4.74 Å². The summed E-state index contributed by atoms with van der Waals surface area (Å²) in [6, 6.07) is 5.54. The molecule has 1 fully saturated rings. The lowest BCUT2D eigenvalue weighted by Gasteiger charge is -2.13. The summed E-state index contributed by atoms with van der Waals surface area (Å²) in [6.45, 7) is 2.36. The second-order valence-corrected chi connectivity index (χ2v) is 6.47. The van der Waals surface area contributed by atoms with Crippen LogP contribution in [0.15, 0.2) is 22.7 Å². The van der Waals surface area contributed by atoms with Crippen molar-refractivity contribution in [2.75, 3.05) is 13.2 Å². The van der Waals surface area contributed by atoms with Crippen LogP contribution in [0, 0.1) is 12.3 Å². The van der Waals surface area contributed by atoms with E-state index in [9.17, 15) is 9.59 Å². The maximum absolute atomic E-state index is 12.2. The lowest BCUT2D eigenvalue weighted by molar-refractivity contribution is -0.126. The quantitative estimate of drug-likeness (QED) is 0.750. The van der Waals surface area contributed by atoms with Crippen LogP contribution in [0.4, 0.5) is 4.79 Å². The van der Waals surface area contributed by atoms with E-state index in [1.165, 1.54) is 4.90 Å². The van der Waals surface area contributed by atoms with Gasteiger partial charge in [-0.2, -0.15) is 0 Å². The Morgan fingerprint density at radius 1 is 1.48 bits per heavy atom. The maximum atomic E-state index is 12.2. The molecule has 0 radical (unpaired) electrons. The molecule has 1 aliphatic heterocycles. The van der Waals surface area contributed by atoms with E-state index in [0.717, 1.165) is 21.8 Å². The van der Waals surface area contributed by atoms with Gasteiger partial charge in [0.25, 0.3) is 5.24 Å². The molecule has 0 bridgehead atoms. The van der Waals surface area contributed by atoms with Crippen LogP contribution in [0.2, 0.25) is 0 Å². The van der Waals surface area contributed by atoms with E-state index in [4.69, 9.17) is 11.2 Å². The monoisotopic (exact) mass is 367 g/mol. The van der Waals surface area contributed by atoms with Gasteiger partial charge in [0, 0.05) is 11.0 Å². The zero-order valence-corrected chi connectivity index (χ0v) is 13.9. The number of carbonyl (C=O) groups is 2. The first-order chi connectivity index (χ1) is 10.1. The lowest BCUT2D eigenvalue weighted by atomic mass is 10.1. The van der Waals surface area contributed by atoms with Gasteiger partial charge in [0.1, 0.15) is 12.4 Å². The molecule has 1 aromatic carbocycles. The second kappa shape index (κ2) is 7.01. The van der Waals surface area contributed by atoms with Gasteiger partial charge in [0.05, 0.1) is 5.25 Å². The fourth-order valence-corrected chi connectivity index (χ4v) is 3.57. The molecule has 0 N–H and O–H groups in total. The first kappa shape index (κ1) is 15.9. The van der Waals surface area contributed by atoms with E-state index >= 15 is 0 Å². The molecule has 1 aliphatic rings. The van der Waals surface area contributed by atoms with Crippen molar-refractivity contribution in [2.24, 2.45) is 0 Å². The molecule has 0 aliphatic carbocycles. The number of hydrogen-bond acceptors (Lipinski definition) is 4. The highest BCUT2D eigenvalue weighted by atomic mass is 79.9. The van der Waals surface area contributed by atoms with Crippen LogP contribution in [0.1, 0.15) is 12.5 Å². The van der Waals surface area contributed by atoms with Gasteiger partial charge in [0.2, 0.25) is 5.91 Å². The maximum Gasteiger partial charge on any atom is 0.289 e. The summed E-state index contributed by atoms with van der Waals surface area (Å²) in [4.78, 5) is 25.2. The van der Waals surface area contributed by atoms with E-state index in [1.54, 1.807) is 13.0 Å². The predicted molar refractivity (Wildman–Crippen MR) is 86.3 cm³/mol. The molecule has 1 heterocycles. The number of halogens is 1. The van der Waals surface area contributed by atoms with Gasteiger partial charge in [-0.3, -0.25) is 14.5 Å². The molecule has 0 spiro atoms. The molecule has 1 aromatic rings. The number of thioether (sulfide) groups is 1. The standard InChI is InChI=1S/C15H14BrNO3S/c1-3-7-20-12-6-5-11(16)8-10(12)9-13-14(18)17(4-2)15(19)21-13/h1,5-6,8,13H,4,7,9H2,2H3/t13-/m1/s1. The van der Waals surface area contributed by atoms with E-state index < -0.39 is 5.25 Å². The molecular weight excluding hydrogens is 354 g/mol. The first-order valence-electron chi connectivity index (χ1n) is 6.43. The van der Waals surface area contributed by atoms with Crippen LogP contribution in [0.25, 0.3) is 0 Å². The van der Waals surface area contributed by atoms with Gasteiger partial charge in [-0.05, 0) is 37.1 Å². The number of carbonyl (C=O) groups excluding carboxylic acids is 2. The summed E-state index contributed by atoms with van der Waals surface area (Å²) >= 11 is 4.47. The molecule has 4 nitrogen and oxygen atoms in total. The van der Waals surface area contributed by atoms with E-state index in [2.05, 4.69) is 21.9 Å². The average molecular weight is 368 g/mol. The van der Waals surface area contributed by atoms with E-state index in [0.29, 0.717) is 18.7 Å². The number of benzene rings is 1. The molecule has 1 atom stereocenters. The smallest absolute Gasteiger partial charge is 0.289 e. The van der Waals surface area contributed by atoms with Crippen LogP contribution in [-0.4, -0.2) is 34.4 Å². The Hall–Kier alpha value is -1.45. The van der Waals surface area contributed by atoms with Gasteiger partial charge >= 0.3 is 0 Å². The molecule has 1 saturated heterocycles. The molecule has 6 heteroatoms. The zero-order chi connectivity index (χ0) is 15.4. The van der Waals surface area contributed by atoms with Crippen molar-refractivity contribution >= 4 is 38.8 Å².